The lowest BCUT2D eigenvalue weighted by molar-refractivity contribution is 0.307. The van der Waals surface area contributed by atoms with Crippen molar-refractivity contribution in [3.8, 4) is 5.75 Å². The zero-order valence-corrected chi connectivity index (χ0v) is 15.2. The van der Waals surface area contributed by atoms with E-state index in [1.807, 2.05) is 6.08 Å². The molecule has 0 unspecified atom stereocenters. The number of hydrogen-bond donors (Lipinski definition) is 1. The highest BCUT2D eigenvalue weighted by atomic mass is 16.5. The van der Waals surface area contributed by atoms with Crippen molar-refractivity contribution >= 4 is 11.6 Å². The molecule has 0 radical (unpaired) electrons. The third kappa shape index (κ3) is 3.33. The summed E-state index contributed by atoms with van der Waals surface area (Å²) < 4.78 is 6.16. The van der Waals surface area contributed by atoms with E-state index in [0.717, 1.165) is 37.2 Å². The molecule has 4 rings (SSSR count). The van der Waals surface area contributed by atoms with E-state index in [1.54, 1.807) is 6.08 Å². The Labute approximate surface area is 155 Å². The van der Waals surface area contributed by atoms with Gasteiger partial charge in [0.05, 0.1) is 6.61 Å². The molecule has 1 N–H and O–H groups in total. The molecule has 2 aliphatic heterocycles. The Balaban J connectivity index is 1.90. The highest BCUT2D eigenvalue weighted by Gasteiger charge is 2.24. The van der Waals surface area contributed by atoms with Crippen molar-refractivity contribution in [2.45, 2.75) is 19.4 Å². The predicted molar refractivity (Wildman–Crippen MR) is 106 cm³/mol. The molecule has 1 fully saturated rings. The monoisotopic (exact) mass is 347 g/mol. The summed E-state index contributed by atoms with van der Waals surface area (Å²) in [7, 11) is 2.19. The van der Waals surface area contributed by atoms with Crippen molar-refractivity contribution in [1.29, 1.82) is 0 Å². The summed E-state index contributed by atoms with van der Waals surface area (Å²) in [6.07, 6.45) is 5.93. The van der Waals surface area contributed by atoms with Gasteiger partial charge in [-0.25, -0.2) is 0 Å². The number of nitrogens with zero attached hydrogens (tertiary/aromatic N) is 1. The van der Waals surface area contributed by atoms with E-state index in [0.29, 0.717) is 6.61 Å². The van der Waals surface area contributed by atoms with Gasteiger partial charge < -0.3 is 14.7 Å². The molecule has 0 amide bonds. The smallest absolute Gasteiger partial charge is 0.127 e. The predicted octanol–water partition coefficient (Wildman–Crippen LogP) is 4.11. The average Bonchev–Trinajstić information content (AvgIpc) is 2.84. The first kappa shape index (κ1) is 17.1. The highest BCUT2D eigenvalue weighted by molar-refractivity contribution is 5.88. The van der Waals surface area contributed by atoms with Crippen LogP contribution in [0, 0.1) is 0 Å². The second kappa shape index (κ2) is 7.48. The lowest BCUT2D eigenvalue weighted by atomic mass is 9.86. The minimum Gasteiger partial charge on any atom is -0.488 e. The lowest BCUT2D eigenvalue weighted by Gasteiger charge is -2.27. The SMILES string of the molecule is CN1CCC(=C2c3ccccc3COc3ccc(/C=C/CO)cc32)CC1. The standard InChI is InChI=1S/C23H25NO2/c1-24-12-10-18(11-13-24)23-20-7-3-2-6-19(20)16-26-22-9-8-17(5-4-14-25)15-21(22)23/h2-9,15,25H,10-14,16H2,1H3/b5-4+. The van der Waals surface area contributed by atoms with Gasteiger partial charge in [0.25, 0.3) is 0 Å². The molecule has 0 spiro atoms. The molecular weight excluding hydrogens is 322 g/mol. The van der Waals surface area contributed by atoms with Crippen molar-refractivity contribution in [1.82, 2.24) is 4.90 Å². The van der Waals surface area contributed by atoms with Crippen LogP contribution in [0.4, 0.5) is 0 Å². The number of fused-ring (bicyclic) bond motifs is 2. The van der Waals surface area contributed by atoms with Gasteiger partial charge in [-0.1, -0.05) is 48.1 Å². The molecular formula is C23H25NO2. The van der Waals surface area contributed by atoms with Crippen molar-refractivity contribution in [3.05, 3.63) is 76.4 Å². The average molecular weight is 347 g/mol. The number of ether oxygens (including phenoxy) is 1. The summed E-state index contributed by atoms with van der Waals surface area (Å²) in [6.45, 7) is 2.85. The number of hydrogen-bond acceptors (Lipinski definition) is 3. The first-order valence-electron chi connectivity index (χ1n) is 9.29. The molecule has 2 aliphatic rings. The molecule has 3 nitrogen and oxygen atoms in total. The van der Waals surface area contributed by atoms with E-state index in [9.17, 15) is 0 Å². The summed E-state index contributed by atoms with van der Waals surface area (Å²) in [4.78, 5) is 2.39. The maximum Gasteiger partial charge on any atom is 0.127 e. The van der Waals surface area contributed by atoms with Gasteiger partial charge in [0.15, 0.2) is 0 Å². The van der Waals surface area contributed by atoms with Crippen LogP contribution >= 0.6 is 0 Å². The van der Waals surface area contributed by atoms with Gasteiger partial charge in [-0.3, -0.25) is 0 Å². The molecule has 0 saturated carbocycles. The number of benzene rings is 2. The van der Waals surface area contributed by atoms with Crippen LogP contribution in [0.15, 0.2) is 54.1 Å². The van der Waals surface area contributed by atoms with Gasteiger partial charge in [0.1, 0.15) is 12.4 Å². The van der Waals surface area contributed by atoms with E-state index in [1.165, 1.54) is 27.8 Å². The van der Waals surface area contributed by atoms with Gasteiger partial charge in [-0.2, -0.15) is 0 Å². The lowest BCUT2D eigenvalue weighted by Crippen LogP contribution is -2.27. The number of aliphatic hydroxyl groups excluding tert-OH is 1. The fraction of sp³-hybridized carbons (Fsp3) is 0.304. The number of aliphatic hydroxyl groups is 1. The Kier molecular flexibility index (Phi) is 4.91. The topological polar surface area (TPSA) is 32.7 Å². The van der Waals surface area contributed by atoms with Gasteiger partial charge in [-0.15, -0.1) is 0 Å². The molecule has 3 heteroatoms. The second-order valence-corrected chi connectivity index (χ2v) is 7.07. The van der Waals surface area contributed by atoms with Crippen molar-refractivity contribution in [2.75, 3.05) is 26.7 Å². The van der Waals surface area contributed by atoms with E-state index in [2.05, 4.69) is 54.4 Å². The third-order valence-electron chi connectivity index (χ3n) is 5.30. The number of piperidine rings is 1. The Morgan fingerprint density at radius 2 is 1.88 bits per heavy atom. The zero-order valence-electron chi connectivity index (χ0n) is 15.2. The first-order chi connectivity index (χ1) is 12.8. The summed E-state index contributed by atoms with van der Waals surface area (Å²) >= 11 is 0. The van der Waals surface area contributed by atoms with Crippen LogP contribution in [-0.4, -0.2) is 36.8 Å². The minimum absolute atomic E-state index is 0.0523. The maximum atomic E-state index is 9.10. The molecule has 0 bridgehead atoms. The van der Waals surface area contributed by atoms with Gasteiger partial charge in [-0.05, 0) is 54.3 Å². The minimum atomic E-state index is 0.0523. The number of likely N-dealkylation sites (tertiary alicyclic amines) is 1. The second-order valence-electron chi connectivity index (χ2n) is 7.07. The van der Waals surface area contributed by atoms with Crippen LogP contribution in [-0.2, 0) is 6.61 Å². The molecule has 2 aromatic rings. The summed E-state index contributed by atoms with van der Waals surface area (Å²) in [5.74, 6) is 0.948. The van der Waals surface area contributed by atoms with E-state index in [4.69, 9.17) is 9.84 Å². The quantitative estimate of drug-likeness (QED) is 0.887. The molecule has 134 valence electrons. The highest BCUT2D eigenvalue weighted by Crippen LogP contribution is 2.41. The summed E-state index contributed by atoms with van der Waals surface area (Å²) in [5.41, 5.74) is 7.68. The molecule has 0 aliphatic carbocycles. The molecule has 1 saturated heterocycles. The molecule has 0 atom stereocenters. The van der Waals surface area contributed by atoms with E-state index >= 15 is 0 Å². The van der Waals surface area contributed by atoms with E-state index < -0.39 is 0 Å². The van der Waals surface area contributed by atoms with Crippen molar-refractivity contribution < 1.29 is 9.84 Å². The first-order valence-corrected chi connectivity index (χ1v) is 9.29. The fourth-order valence-electron chi connectivity index (χ4n) is 3.87. The van der Waals surface area contributed by atoms with Crippen LogP contribution in [0.3, 0.4) is 0 Å². The Morgan fingerprint density at radius 1 is 1.08 bits per heavy atom. The molecule has 2 aromatic carbocycles. The van der Waals surface area contributed by atoms with Crippen LogP contribution in [0.2, 0.25) is 0 Å². The van der Waals surface area contributed by atoms with Crippen molar-refractivity contribution in [3.63, 3.8) is 0 Å². The molecule has 2 heterocycles. The third-order valence-corrected chi connectivity index (χ3v) is 5.30. The van der Waals surface area contributed by atoms with Crippen LogP contribution < -0.4 is 4.74 Å². The summed E-state index contributed by atoms with van der Waals surface area (Å²) in [6, 6.07) is 14.9. The number of rotatable bonds is 2. The normalized spacial score (nSPS) is 17.6. The Hall–Kier alpha value is -2.36. The molecule has 0 aromatic heterocycles. The van der Waals surface area contributed by atoms with Gasteiger partial charge in [0, 0.05) is 18.7 Å². The van der Waals surface area contributed by atoms with Gasteiger partial charge >= 0.3 is 0 Å². The van der Waals surface area contributed by atoms with Crippen LogP contribution in [0.5, 0.6) is 5.75 Å². The van der Waals surface area contributed by atoms with Crippen LogP contribution in [0.1, 0.15) is 35.1 Å². The van der Waals surface area contributed by atoms with Crippen molar-refractivity contribution in [2.24, 2.45) is 0 Å². The zero-order chi connectivity index (χ0) is 17.9. The Morgan fingerprint density at radius 3 is 2.69 bits per heavy atom. The van der Waals surface area contributed by atoms with Crippen LogP contribution in [0.25, 0.3) is 11.6 Å². The molecule has 26 heavy (non-hydrogen) atoms. The fourth-order valence-corrected chi connectivity index (χ4v) is 3.87. The summed E-state index contributed by atoms with van der Waals surface area (Å²) in [5, 5.41) is 9.10. The largest absolute Gasteiger partial charge is 0.488 e. The van der Waals surface area contributed by atoms with Gasteiger partial charge in [0.2, 0.25) is 0 Å². The maximum absolute atomic E-state index is 9.10. The Bertz CT molecular complexity index is 856. The van der Waals surface area contributed by atoms with E-state index in [-0.39, 0.29) is 6.61 Å².